The lowest BCUT2D eigenvalue weighted by molar-refractivity contribution is 0.608. The summed E-state index contributed by atoms with van der Waals surface area (Å²) in [4.78, 5) is -0.0891. The highest BCUT2D eigenvalue weighted by Gasteiger charge is 2.17. The van der Waals surface area contributed by atoms with E-state index in [0.717, 1.165) is 0 Å². The van der Waals surface area contributed by atoms with Crippen LogP contribution in [0.5, 0.6) is 0 Å². The van der Waals surface area contributed by atoms with Gasteiger partial charge in [0.1, 0.15) is 0 Å². The van der Waals surface area contributed by atoms with E-state index >= 15 is 0 Å². The van der Waals surface area contributed by atoms with Crippen LogP contribution in [0.2, 0.25) is 0 Å². The van der Waals surface area contributed by atoms with Gasteiger partial charge in [-0.2, -0.15) is 5.26 Å². The molecule has 2 N–H and O–H groups in total. The smallest absolute Gasteiger partial charge is 0.261 e. The van der Waals surface area contributed by atoms with Crippen LogP contribution in [0.1, 0.15) is 16.7 Å². The number of rotatable bonds is 2. The van der Waals surface area contributed by atoms with Crippen molar-refractivity contribution in [2.45, 2.75) is 18.4 Å². The van der Waals surface area contributed by atoms with Crippen LogP contribution < -0.4 is 5.73 Å². The average molecular weight is 245 g/mol. The van der Waals surface area contributed by atoms with Crippen molar-refractivity contribution >= 4 is 19.7 Å². The van der Waals surface area contributed by atoms with Gasteiger partial charge in [0, 0.05) is 17.2 Å². The molecule has 0 bridgehead atoms. The van der Waals surface area contributed by atoms with Crippen LogP contribution in [0.3, 0.4) is 0 Å². The predicted octanol–water partition coefficient (Wildman–Crippen LogP) is 1.25. The first kappa shape index (κ1) is 12.0. The Labute approximate surface area is 92.7 Å². The molecule has 80 valence electrons. The quantitative estimate of drug-likeness (QED) is 0.794. The molecule has 0 aromatic heterocycles. The Morgan fingerprint density at radius 3 is 2.53 bits per heavy atom. The van der Waals surface area contributed by atoms with Crippen LogP contribution in [0, 0.1) is 18.3 Å². The molecule has 0 saturated heterocycles. The Balaban J connectivity index is 3.59. The Morgan fingerprint density at radius 1 is 1.53 bits per heavy atom. The van der Waals surface area contributed by atoms with Gasteiger partial charge in [0.05, 0.1) is 16.5 Å². The number of nitrogens with zero attached hydrogens (tertiary/aromatic N) is 1. The van der Waals surface area contributed by atoms with Gasteiger partial charge in [-0.3, -0.25) is 0 Å². The van der Waals surface area contributed by atoms with Crippen LogP contribution in [-0.2, 0) is 15.6 Å². The van der Waals surface area contributed by atoms with E-state index in [0.29, 0.717) is 11.1 Å². The van der Waals surface area contributed by atoms with Gasteiger partial charge in [-0.05, 0) is 24.1 Å². The van der Waals surface area contributed by atoms with E-state index in [4.69, 9.17) is 21.7 Å². The minimum atomic E-state index is -3.85. The topological polar surface area (TPSA) is 84.0 Å². The molecule has 0 atom stereocenters. The molecule has 0 radical (unpaired) electrons. The summed E-state index contributed by atoms with van der Waals surface area (Å²) in [6.45, 7) is 1.77. The Bertz CT molecular complexity index is 532. The highest BCUT2D eigenvalue weighted by atomic mass is 35.7. The second kappa shape index (κ2) is 4.19. The lowest BCUT2D eigenvalue weighted by Crippen LogP contribution is -2.05. The molecule has 0 aliphatic carbocycles. The fraction of sp³-hybridized carbons (Fsp3) is 0.222. The molecule has 15 heavy (non-hydrogen) atoms. The van der Waals surface area contributed by atoms with Crippen molar-refractivity contribution in [1.82, 2.24) is 0 Å². The van der Waals surface area contributed by atoms with E-state index in [2.05, 4.69) is 0 Å². The molecule has 0 saturated carbocycles. The van der Waals surface area contributed by atoms with E-state index < -0.39 is 9.05 Å². The molecule has 1 aromatic carbocycles. The average Bonchev–Trinajstić information content (AvgIpc) is 2.15. The third-order valence-electron chi connectivity index (χ3n) is 2.01. The van der Waals surface area contributed by atoms with Crippen LogP contribution in [0.15, 0.2) is 17.0 Å². The van der Waals surface area contributed by atoms with Gasteiger partial charge >= 0.3 is 0 Å². The molecular weight excluding hydrogens is 236 g/mol. The fourth-order valence-corrected chi connectivity index (χ4v) is 2.40. The first-order valence-corrected chi connectivity index (χ1v) is 6.39. The lowest BCUT2D eigenvalue weighted by atomic mass is 10.1. The molecule has 1 aromatic rings. The number of benzene rings is 1. The maximum atomic E-state index is 11.2. The van der Waals surface area contributed by atoms with Gasteiger partial charge < -0.3 is 5.73 Å². The summed E-state index contributed by atoms with van der Waals surface area (Å²) in [5, 5.41) is 8.75. The fourth-order valence-electron chi connectivity index (χ4n) is 1.25. The van der Waals surface area contributed by atoms with Gasteiger partial charge in [-0.25, -0.2) is 8.42 Å². The molecule has 1 rings (SSSR count). The highest BCUT2D eigenvalue weighted by Crippen LogP contribution is 2.23. The first-order chi connectivity index (χ1) is 6.90. The van der Waals surface area contributed by atoms with Gasteiger partial charge in [0.25, 0.3) is 9.05 Å². The number of halogens is 1. The maximum Gasteiger partial charge on any atom is 0.261 e. The second-order valence-electron chi connectivity index (χ2n) is 3.03. The van der Waals surface area contributed by atoms with E-state index in [1.165, 1.54) is 6.07 Å². The van der Waals surface area contributed by atoms with E-state index in [9.17, 15) is 8.42 Å². The van der Waals surface area contributed by atoms with Crippen molar-refractivity contribution < 1.29 is 8.42 Å². The number of hydrogen-bond acceptors (Lipinski definition) is 4. The van der Waals surface area contributed by atoms with E-state index in [1.54, 1.807) is 13.0 Å². The largest absolute Gasteiger partial charge is 0.326 e. The van der Waals surface area contributed by atoms with Crippen molar-refractivity contribution in [3.63, 3.8) is 0 Å². The van der Waals surface area contributed by atoms with Crippen LogP contribution in [-0.4, -0.2) is 8.42 Å². The van der Waals surface area contributed by atoms with Crippen molar-refractivity contribution in [1.29, 1.82) is 5.26 Å². The Hall–Kier alpha value is -1.09. The van der Waals surface area contributed by atoms with Crippen LogP contribution >= 0.6 is 10.7 Å². The minimum absolute atomic E-state index is 0.0633. The van der Waals surface area contributed by atoms with Crippen LogP contribution in [0.4, 0.5) is 0 Å². The third kappa shape index (κ3) is 2.48. The first-order valence-electron chi connectivity index (χ1n) is 4.08. The summed E-state index contributed by atoms with van der Waals surface area (Å²) in [5.74, 6) is 0. The summed E-state index contributed by atoms with van der Waals surface area (Å²) in [6, 6.07) is 4.71. The molecule has 0 amide bonds. The zero-order chi connectivity index (χ0) is 11.6. The molecule has 0 fully saturated rings. The van der Waals surface area contributed by atoms with Gasteiger partial charge in [0.2, 0.25) is 0 Å². The highest BCUT2D eigenvalue weighted by molar-refractivity contribution is 8.13. The van der Waals surface area contributed by atoms with Gasteiger partial charge in [-0.15, -0.1) is 0 Å². The van der Waals surface area contributed by atoms with Gasteiger partial charge in [-0.1, -0.05) is 6.07 Å². The molecular formula is C9H9ClN2O2S. The van der Waals surface area contributed by atoms with Gasteiger partial charge in [0.15, 0.2) is 0 Å². The summed E-state index contributed by atoms with van der Waals surface area (Å²) >= 11 is 0. The van der Waals surface area contributed by atoms with Crippen LogP contribution in [0.25, 0.3) is 0 Å². The standard InChI is InChI=1S/C9H9ClN2O2S/c1-6-2-8(5-12)9(15(10,13)14)3-7(6)4-11/h2-3H,5,12H2,1H3. The van der Waals surface area contributed by atoms with Crippen molar-refractivity contribution in [3.05, 3.63) is 28.8 Å². The normalized spacial score (nSPS) is 11.1. The molecule has 0 unspecified atom stereocenters. The molecule has 0 heterocycles. The molecule has 0 aliphatic heterocycles. The molecule has 0 aliphatic rings. The molecule has 4 nitrogen and oxygen atoms in total. The Kier molecular flexibility index (Phi) is 3.35. The zero-order valence-electron chi connectivity index (χ0n) is 7.99. The number of hydrogen-bond donors (Lipinski definition) is 1. The minimum Gasteiger partial charge on any atom is -0.326 e. The Morgan fingerprint density at radius 2 is 2.13 bits per heavy atom. The summed E-state index contributed by atoms with van der Waals surface area (Å²) < 4.78 is 22.4. The van der Waals surface area contributed by atoms with E-state index in [1.807, 2.05) is 6.07 Å². The predicted molar refractivity (Wildman–Crippen MR) is 56.8 cm³/mol. The van der Waals surface area contributed by atoms with Crippen molar-refractivity contribution in [2.24, 2.45) is 5.73 Å². The third-order valence-corrected chi connectivity index (χ3v) is 3.41. The monoisotopic (exact) mass is 244 g/mol. The molecule has 6 heteroatoms. The maximum absolute atomic E-state index is 11.2. The summed E-state index contributed by atoms with van der Waals surface area (Å²) in [7, 11) is 1.38. The zero-order valence-corrected chi connectivity index (χ0v) is 9.56. The number of aryl methyl sites for hydroxylation is 1. The summed E-state index contributed by atoms with van der Waals surface area (Å²) in [5.41, 5.74) is 6.79. The van der Waals surface area contributed by atoms with E-state index in [-0.39, 0.29) is 17.0 Å². The SMILES string of the molecule is Cc1cc(CN)c(S(=O)(=O)Cl)cc1C#N. The molecule has 0 spiro atoms. The number of nitrogens with two attached hydrogens (primary N) is 1. The number of nitriles is 1. The van der Waals surface area contributed by atoms with Crippen molar-refractivity contribution in [2.75, 3.05) is 0 Å². The lowest BCUT2D eigenvalue weighted by Gasteiger charge is -2.07. The summed E-state index contributed by atoms with van der Waals surface area (Å²) in [6.07, 6.45) is 0. The van der Waals surface area contributed by atoms with Crippen molar-refractivity contribution in [3.8, 4) is 6.07 Å². The second-order valence-corrected chi connectivity index (χ2v) is 5.56.